The lowest BCUT2D eigenvalue weighted by Crippen LogP contribution is -2.44. The number of ether oxygens (including phenoxy) is 1. The summed E-state index contributed by atoms with van der Waals surface area (Å²) in [6, 6.07) is 5.93. The number of carbonyl (C=O) groups is 1. The van der Waals surface area contributed by atoms with Gasteiger partial charge in [0.05, 0.1) is 0 Å². The summed E-state index contributed by atoms with van der Waals surface area (Å²) >= 11 is 0. The molecule has 2 saturated carbocycles. The SMILES string of the molecule is C=CC[C@H]1C[C@H]2[C@@H]3CCc4cc(O)ccc4[C@H]3CC[C@]2(CC)C1=O.COC. The van der Waals surface area contributed by atoms with Crippen molar-refractivity contribution in [2.75, 3.05) is 14.2 Å². The van der Waals surface area contributed by atoms with Crippen molar-refractivity contribution in [2.45, 2.75) is 57.8 Å². The Hall–Kier alpha value is -1.61. The van der Waals surface area contributed by atoms with E-state index in [1.54, 1.807) is 14.2 Å². The molecule has 148 valence electrons. The number of ketones is 1. The van der Waals surface area contributed by atoms with Crippen molar-refractivity contribution in [2.24, 2.45) is 23.2 Å². The fraction of sp³-hybridized carbons (Fsp3) is 0.625. The number of aromatic hydroxyl groups is 1. The zero-order chi connectivity index (χ0) is 19.6. The highest BCUT2D eigenvalue weighted by Gasteiger charge is 2.59. The fourth-order valence-corrected chi connectivity index (χ4v) is 6.33. The van der Waals surface area contributed by atoms with Crippen LogP contribution in [0.25, 0.3) is 0 Å². The third-order valence-corrected chi connectivity index (χ3v) is 7.40. The quantitative estimate of drug-likeness (QED) is 0.737. The summed E-state index contributed by atoms with van der Waals surface area (Å²) < 4.78 is 4.25. The molecule has 5 atom stereocenters. The maximum absolute atomic E-state index is 13.2. The first-order valence-electron chi connectivity index (χ1n) is 10.4. The van der Waals surface area contributed by atoms with E-state index in [1.165, 1.54) is 17.5 Å². The van der Waals surface area contributed by atoms with Crippen LogP contribution in [-0.4, -0.2) is 25.1 Å². The molecule has 4 rings (SSSR count). The van der Waals surface area contributed by atoms with Gasteiger partial charge in [-0.1, -0.05) is 19.1 Å². The number of hydrogen-bond acceptors (Lipinski definition) is 3. The lowest BCUT2D eigenvalue weighted by atomic mass is 9.54. The first-order chi connectivity index (χ1) is 13.0. The fourth-order valence-electron chi connectivity index (χ4n) is 6.33. The van der Waals surface area contributed by atoms with Gasteiger partial charge in [0.2, 0.25) is 0 Å². The Morgan fingerprint density at radius 1 is 1.33 bits per heavy atom. The number of rotatable bonds is 3. The number of allylic oxidation sites excluding steroid dienone is 1. The molecule has 0 amide bonds. The molecule has 0 unspecified atom stereocenters. The van der Waals surface area contributed by atoms with Crippen LogP contribution in [0.4, 0.5) is 0 Å². The molecule has 1 aromatic carbocycles. The summed E-state index contributed by atoms with van der Waals surface area (Å²) in [5.74, 6) is 2.87. The highest BCUT2D eigenvalue weighted by Crippen LogP contribution is 2.62. The molecule has 3 nitrogen and oxygen atoms in total. The molecule has 0 aromatic heterocycles. The largest absolute Gasteiger partial charge is 0.508 e. The Bertz CT molecular complexity index is 695. The van der Waals surface area contributed by atoms with Crippen LogP contribution in [0.5, 0.6) is 5.75 Å². The molecule has 0 heterocycles. The molecule has 3 aliphatic carbocycles. The number of phenols is 1. The Morgan fingerprint density at radius 3 is 2.74 bits per heavy atom. The second kappa shape index (κ2) is 8.18. The van der Waals surface area contributed by atoms with Gasteiger partial charge >= 0.3 is 0 Å². The monoisotopic (exact) mass is 370 g/mol. The minimum atomic E-state index is -0.0662. The van der Waals surface area contributed by atoms with Crippen molar-refractivity contribution in [3.63, 3.8) is 0 Å². The van der Waals surface area contributed by atoms with Crippen LogP contribution in [0.15, 0.2) is 30.9 Å². The van der Waals surface area contributed by atoms with Crippen molar-refractivity contribution < 1.29 is 14.6 Å². The van der Waals surface area contributed by atoms with Gasteiger partial charge in [-0.3, -0.25) is 4.79 Å². The molecular formula is C24H34O3. The number of phenolic OH excluding ortho intramolecular Hbond substituents is 1. The predicted octanol–water partition coefficient (Wildman–Crippen LogP) is 5.27. The minimum absolute atomic E-state index is 0.0662. The predicted molar refractivity (Wildman–Crippen MR) is 109 cm³/mol. The number of fused-ring (bicyclic) bond motifs is 5. The van der Waals surface area contributed by atoms with E-state index in [0.29, 0.717) is 29.3 Å². The molecule has 3 heteroatoms. The number of carbonyl (C=O) groups excluding carboxylic acids is 1. The number of hydrogen-bond donors (Lipinski definition) is 1. The third-order valence-electron chi connectivity index (χ3n) is 7.40. The Morgan fingerprint density at radius 2 is 2.07 bits per heavy atom. The normalized spacial score (nSPS) is 34.0. The standard InChI is InChI=1S/C22H28O2.C2H6O/c1-3-5-15-13-20-19-8-6-14-12-16(23)7-9-17(14)18(19)10-11-22(20,4-2)21(15)24;1-3-2/h3,7,9,12,15,18-20,23H,1,4-6,8,10-11,13H2,2H3;1-2H3/t15-,18+,19+,20-,22-;/m0./s1. The van der Waals surface area contributed by atoms with E-state index in [0.717, 1.165) is 38.5 Å². The van der Waals surface area contributed by atoms with E-state index in [-0.39, 0.29) is 11.3 Å². The minimum Gasteiger partial charge on any atom is -0.508 e. The van der Waals surface area contributed by atoms with Crippen LogP contribution in [0.3, 0.4) is 0 Å². The molecule has 27 heavy (non-hydrogen) atoms. The molecule has 0 saturated heterocycles. The molecule has 0 spiro atoms. The summed E-state index contributed by atoms with van der Waals surface area (Å²) in [5.41, 5.74) is 2.70. The lowest BCUT2D eigenvalue weighted by Gasteiger charge is -2.49. The topological polar surface area (TPSA) is 46.5 Å². The van der Waals surface area contributed by atoms with Gasteiger partial charge in [-0.15, -0.1) is 6.58 Å². The van der Waals surface area contributed by atoms with Crippen LogP contribution in [0.2, 0.25) is 0 Å². The van der Waals surface area contributed by atoms with E-state index >= 15 is 0 Å². The first kappa shape index (κ1) is 20.1. The van der Waals surface area contributed by atoms with Gasteiger partial charge < -0.3 is 9.84 Å². The number of Topliss-reactive ketones (excluding diaryl/α,β-unsaturated/α-hetero) is 1. The zero-order valence-corrected chi connectivity index (χ0v) is 17.0. The Balaban J connectivity index is 0.000000659. The van der Waals surface area contributed by atoms with E-state index < -0.39 is 0 Å². The molecular weight excluding hydrogens is 336 g/mol. The average molecular weight is 371 g/mol. The van der Waals surface area contributed by atoms with Crippen LogP contribution >= 0.6 is 0 Å². The zero-order valence-electron chi connectivity index (χ0n) is 17.0. The van der Waals surface area contributed by atoms with E-state index in [4.69, 9.17) is 0 Å². The molecule has 0 radical (unpaired) electrons. The van der Waals surface area contributed by atoms with Crippen molar-refractivity contribution in [3.05, 3.63) is 42.0 Å². The number of methoxy groups -OCH3 is 1. The van der Waals surface area contributed by atoms with Gasteiger partial charge in [0.15, 0.2) is 0 Å². The first-order valence-corrected chi connectivity index (χ1v) is 10.4. The van der Waals surface area contributed by atoms with Gasteiger partial charge in [-0.05, 0) is 86.0 Å². The molecule has 1 aromatic rings. The number of benzene rings is 1. The van der Waals surface area contributed by atoms with Gasteiger partial charge in [0, 0.05) is 25.6 Å². The number of aryl methyl sites for hydroxylation is 1. The van der Waals surface area contributed by atoms with Crippen LogP contribution in [0.1, 0.15) is 62.5 Å². The molecule has 0 bridgehead atoms. The van der Waals surface area contributed by atoms with Crippen molar-refractivity contribution in [1.82, 2.24) is 0 Å². The Labute approximate surface area is 163 Å². The maximum Gasteiger partial charge on any atom is 0.142 e. The van der Waals surface area contributed by atoms with E-state index in [1.807, 2.05) is 18.2 Å². The molecule has 3 aliphatic rings. The van der Waals surface area contributed by atoms with E-state index in [2.05, 4.69) is 24.3 Å². The highest BCUT2D eigenvalue weighted by molar-refractivity contribution is 5.90. The summed E-state index contributed by atoms with van der Waals surface area (Å²) in [6.45, 7) is 6.09. The van der Waals surface area contributed by atoms with Crippen LogP contribution in [0, 0.1) is 23.2 Å². The smallest absolute Gasteiger partial charge is 0.142 e. The Kier molecular flexibility index (Phi) is 6.10. The highest BCUT2D eigenvalue weighted by atomic mass is 16.4. The third kappa shape index (κ3) is 3.35. The van der Waals surface area contributed by atoms with Crippen molar-refractivity contribution in [3.8, 4) is 5.75 Å². The summed E-state index contributed by atoms with van der Waals surface area (Å²) in [6.07, 6.45) is 9.21. The van der Waals surface area contributed by atoms with Gasteiger partial charge in [-0.2, -0.15) is 0 Å². The van der Waals surface area contributed by atoms with Crippen LogP contribution < -0.4 is 0 Å². The van der Waals surface area contributed by atoms with E-state index in [9.17, 15) is 9.90 Å². The second-order valence-corrected chi connectivity index (χ2v) is 8.58. The van der Waals surface area contributed by atoms with Gasteiger partial charge in [0.1, 0.15) is 11.5 Å². The molecule has 0 aliphatic heterocycles. The second-order valence-electron chi connectivity index (χ2n) is 8.58. The average Bonchev–Trinajstić information content (AvgIpc) is 2.95. The van der Waals surface area contributed by atoms with Crippen molar-refractivity contribution in [1.29, 1.82) is 0 Å². The summed E-state index contributed by atoms with van der Waals surface area (Å²) in [7, 11) is 3.25. The summed E-state index contributed by atoms with van der Waals surface area (Å²) in [4.78, 5) is 13.2. The van der Waals surface area contributed by atoms with Crippen LogP contribution in [-0.2, 0) is 16.0 Å². The van der Waals surface area contributed by atoms with Crippen molar-refractivity contribution >= 4 is 5.78 Å². The molecule has 2 fully saturated rings. The lowest BCUT2D eigenvalue weighted by molar-refractivity contribution is -0.133. The van der Waals surface area contributed by atoms with Gasteiger partial charge in [0.25, 0.3) is 0 Å². The maximum atomic E-state index is 13.2. The summed E-state index contributed by atoms with van der Waals surface area (Å²) in [5, 5.41) is 9.79. The molecule has 1 N–H and O–H groups in total. The van der Waals surface area contributed by atoms with Gasteiger partial charge in [-0.25, -0.2) is 0 Å².